The van der Waals surface area contributed by atoms with Crippen molar-refractivity contribution in [1.82, 2.24) is 15.5 Å². The molecule has 37 heavy (non-hydrogen) atoms. The summed E-state index contributed by atoms with van der Waals surface area (Å²) in [6.07, 6.45) is 0.934. The van der Waals surface area contributed by atoms with E-state index in [-0.39, 0.29) is 44.0 Å². The lowest BCUT2D eigenvalue weighted by atomic mass is 9.95. The van der Waals surface area contributed by atoms with Crippen LogP contribution in [0, 0.1) is 0 Å². The number of phenolic OH excluding ortho intramolecular Hbond substituents is 1. The van der Waals surface area contributed by atoms with Crippen molar-refractivity contribution in [2.24, 2.45) is 17.2 Å². The predicted octanol–water partition coefficient (Wildman–Crippen LogP) is 0.264. The minimum Gasteiger partial charge on any atom is -0.508 e. The predicted molar refractivity (Wildman–Crippen MR) is 143 cm³/mol. The van der Waals surface area contributed by atoms with Gasteiger partial charge >= 0.3 is 0 Å². The first-order valence-corrected chi connectivity index (χ1v) is 12.6. The molecule has 0 spiro atoms. The van der Waals surface area contributed by atoms with Gasteiger partial charge in [-0.2, -0.15) is 0 Å². The molecule has 3 atom stereocenters. The second-order valence-electron chi connectivity index (χ2n) is 9.20. The van der Waals surface area contributed by atoms with Crippen LogP contribution in [0.25, 0.3) is 11.1 Å². The molecule has 200 valence electrons. The van der Waals surface area contributed by atoms with E-state index in [1.807, 2.05) is 12.1 Å². The first-order valence-electron chi connectivity index (χ1n) is 12.3. The zero-order chi connectivity index (χ0) is 27.1. The van der Waals surface area contributed by atoms with Gasteiger partial charge in [0.05, 0.1) is 6.04 Å². The number of fused-ring (bicyclic) bond motifs is 5. The number of rotatable bonds is 6. The number of likely N-dealkylation sites (N-methyl/N-ethyl adjacent to an activating group) is 1. The third kappa shape index (κ3) is 6.98. The quantitative estimate of drug-likeness (QED) is 0.310. The second kappa shape index (κ2) is 12.9. The van der Waals surface area contributed by atoms with Crippen LogP contribution < -0.4 is 27.8 Å². The van der Waals surface area contributed by atoms with E-state index in [4.69, 9.17) is 28.8 Å². The summed E-state index contributed by atoms with van der Waals surface area (Å²) < 4.78 is 0. The number of nitrogens with one attached hydrogen (secondary N) is 2. The number of nitrogens with zero attached hydrogens (tertiary/aromatic N) is 1. The third-order valence-electron chi connectivity index (χ3n) is 6.52. The van der Waals surface area contributed by atoms with Gasteiger partial charge in [-0.05, 0) is 65.9 Å². The van der Waals surface area contributed by atoms with E-state index in [1.54, 1.807) is 24.3 Å². The van der Waals surface area contributed by atoms with Crippen molar-refractivity contribution in [3.63, 3.8) is 0 Å². The molecule has 4 bridgehead atoms. The minimum absolute atomic E-state index is 0.0117. The van der Waals surface area contributed by atoms with Crippen molar-refractivity contribution < 1.29 is 19.5 Å². The molecule has 3 amide bonds. The summed E-state index contributed by atoms with van der Waals surface area (Å²) in [5, 5.41) is 16.3. The maximum Gasteiger partial charge on any atom is 0.245 e. The van der Waals surface area contributed by atoms with Crippen molar-refractivity contribution >= 4 is 29.3 Å². The molecule has 9 N–H and O–H groups in total. The van der Waals surface area contributed by atoms with Gasteiger partial charge in [-0.1, -0.05) is 23.7 Å². The molecule has 1 aliphatic rings. The number of halogens is 1. The van der Waals surface area contributed by atoms with E-state index in [0.29, 0.717) is 29.1 Å². The average Bonchev–Trinajstić information content (AvgIpc) is 2.89. The third-order valence-corrected chi connectivity index (χ3v) is 6.89. The highest BCUT2D eigenvalue weighted by Gasteiger charge is 2.33. The molecule has 0 fully saturated rings. The standard InChI is InChI=1S/C26H35ClN6O4/c1-33-22(25(36)31-10-9-29)14-17-11-15(4-6-19(17)27)16-5-7-23(34)18(12-16)13-20(30)24(35)32-21(26(33)37)3-2-8-28/h4-7,11-12,20-22,34H,2-3,8-10,13-14,28-30H2,1H3,(H,31,36)(H,32,35)/t20-,21-,22?/m0/s1. The number of hydrogen-bond donors (Lipinski definition) is 6. The lowest BCUT2D eigenvalue weighted by Gasteiger charge is -2.31. The number of benzene rings is 2. The van der Waals surface area contributed by atoms with Crippen LogP contribution >= 0.6 is 11.6 Å². The molecule has 1 aliphatic heterocycles. The molecule has 0 saturated heterocycles. The molecule has 2 aromatic rings. The fraction of sp³-hybridized carbons (Fsp3) is 0.423. The Morgan fingerprint density at radius 2 is 1.78 bits per heavy atom. The summed E-state index contributed by atoms with van der Waals surface area (Å²) in [7, 11) is 1.52. The lowest BCUT2D eigenvalue weighted by molar-refractivity contribution is -0.142. The Balaban J connectivity index is 2.13. The highest BCUT2D eigenvalue weighted by atomic mass is 35.5. The Labute approximate surface area is 221 Å². The smallest absolute Gasteiger partial charge is 0.245 e. The number of amides is 3. The van der Waals surface area contributed by atoms with Gasteiger partial charge in [0.15, 0.2) is 0 Å². The Bertz CT molecular complexity index is 1140. The van der Waals surface area contributed by atoms with Crippen LogP contribution in [0.2, 0.25) is 5.02 Å². The second-order valence-corrected chi connectivity index (χ2v) is 9.61. The maximum atomic E-state index is 13.6. The zero-order valence-electron chi connectivity index (χ0n) is 20.9. The van der Waals surface area contributed by atoms with Gasteiger partial charge < -0.3 is 37.8 Å². The van der Waals surface area contributed by atoms with E-state index in [1.165, 1.54) is 11.9 Å². The number of aromatic hydroxyl groups is 1. The number of carbonyl (C=O) groups excluding carboxylic acids is 3. The van der Waals surface area contributed by atoms with Crippen molar-refractivity contribution in [3.05, 3.63) is 52.5 Å². The molecule has 0 radical (unpaired) electrons. The van der Waals surface area contributed by atoms with Crippen molar-refractivity contribution in [2.45, 2.75) is 43.8 Å². The molecule has 2 aromatic carbocycles. The Morgan fingerprint density at radius 1 is 1.11 bits per heavy atom. The van der Waals surface area contributed by atoms with Gasteiger partial charge in [-0.3, -0.25) is 14.4 Å². The summed E-state index contributed by atoms with van der Waals surface area (Å²) in [5.74, 6) is -1.37. The highest BCUT2D eigenvalue weighted by molar-refractivity contribution is 6.31. The van der Waals surface area contributed by atoms with Gasteiger partial charge in [0.1, 0.15) is 17.8 Å². The van der Waals surface area contributed by atoms with E-state index >= 15 is 0 Å². The van der Waals surface area contributed by atoms with Crippen molar-refractivity contribution in [2.75, 3.05) is 26.7 Å². The van der Waals surface area contributed by atoms with Crippen molar-refractivity contribution in [3.8, 4) is 16.9 Å². The van der Waals surface area contributed by atoms with Crippen LogP contribution in [0.3, 0.4) is 0 Å². The molecule has 3 rings (SSSR count). The first kappa shape index (κ1) is 28.4. The molecule has 1 heterocycles. The Kier molecular flexibility index (Phi) is 9.87. The molecule has 1 unspecified atom stereocenters. The van der Waals surface area contributed by atoms with E-state index in [9.17, 15) is 19.5 Å². The minimum atomic E-state index is -1.02. The van der Waals surface area contributed by atoms with E-state index < -0.39 is 29.9 Å². The summed E-state index contributed by atoms with van der Waals surface area (Å²) in [5.41, 5.74) is 20.2. The van der Waals surface area contributed by atoms with Crippen molar-refractivity contribution in [1.29, 1.82) is 0 Å². The normalized spacial score (nSPS) is 20.6. The molecular formula is C26H35ClN6O4. The Hall–Kier alpha value is -3.18. The summed E-state index contributed by atoms with van der Waals surface area (Å²) in [6.45, 7) is 0.797. The molecule has 11 heteroatoms. The first-order chi connectivity index (χ1) is 17.7. The average molecular weight is 531 g/mol. The SMILES string of the molecule is CN1C(=O)[C@H](CCCN)NC(=O)[C@@H](N)Cc2cc(ccc2O)-c2ccc(Cl)c(c2)CC1C(=O)NCCN. The van der Waals surface area contributed by atoms with Gasteiger partial charge in [0, 0.05) is 38.0 Å². The number of nitrogens with two attached hydrogens (primary N) is 3. The monoisotopic (exact) mass is 530 g/mol. The zero-order valence-corrected chi connectivity index (χ0v) is 21.6. The van der Waals surface area contributed by atoms with Crippen LogP contribution in [0.4, 0.5) is 0 Å². The van der Waals surface area contributed by atoms with Gasteiger partial charge in [0.2, 0.25) is 17.7 Å². The van der Waals surface area contributed by atoms with Crippen LogP contribution in [0.15, 0.2) is 36.4 Å². The van der Waals surface area contributed by atoms with Crippen LogP contribution in [0.1, 0.15) is 24.0 Å². The number of phenols is 1. The molecule has 0 aromatic heterocycles. The van der Waals surface area contributed by atoms with Gasteiger partial charge in [-0.15, -0.1) is 0 Å². The summed E-state index contributed by atoms with van der Waals surface area (Å²) >= 11 is 6.53. The molecule has 10 nitrogen and oxygen atoms in total. The highest BCUT2D eigenvalue weighted by Crippen LogP contribution is 2.30. The fourth-order valence-corrected chi connectivity index (χ4v) is 4.55. The Morgan fingerprint density at radius 3 is 2.46 bits per heavy atom. The fourth-order valence-electron chi connectivity index (χ4n) is 4.35. The molecular weight excluding hydrogens is 496 g/mol. The largest absolute Gasteiger partial charge is 0.508 e. The van der Waals surface area contributed by atoms with E-state index in [0.717, 1.165) is 11.1 Å². The molecule has 0 saturated carbocycles. The lowest BCUT2D eigenvalue weighted by Crippen LogP contribution is -2.57. The van der Waals surface area contributed by atoms with Crippen LogP contribution in [-0.4, -0.2) is 72.5 Å². The maximum absolute atomic E-state index is 13.6. The number of hydrogen-bond acceptors (Lipinski definition) is 7. The topological polar surface area (TPSA) is 177 Å². The van der Waals surface area contributed by atoms with Crippen LogP contribution in [0.5, 0.6) is 5.75 Å². The van der Waals surface area contributed by atoms with Gasteiger partial charge in [0.25, 0.3) is 0 Å². The number of carbonyl (C=O) groups is 3. The summed E-state index contributed by atoms with van der Waals surface area (Å²) in [4.78, 5) is 41.1. The van der Waals surface area contributed by atoms with Gasteiger partial charge in [-0.25, -0.2) is 0 Å². The van der Waals surface area contributed by atoms with Crippen LogP contribution in [-0.2, 0) is 27.2 Å². The summed E-state index contributed by atoms with van der Waals surface area (Å²) in [6, 6.07) is 7.60. The molecule has 0 aliphatic carbocycles. The van der Waals surface area contributed by atoms with E-state index in [2.05, 4.69) is 10.6 Å².